The Morgan fingerprint density at radius 1 is 1.07 bits per heavy atom. The van der Waals surface area contributed by atoms with Crippen molar-refractivity contribution in [2.24, 2.45) is 5.73 Å². The molecule has 0 aromatic rings. The van der Waals surface area contributed by atoms with E-state index in [1.54, 1.807) is 0 Å². The van der Waals surface area contributed by atoms with E-state index in [0.29, 0.717) is 38.9 Å². The van der Waals surface area contributed by atoms with E-state index in [2.05, 4.69) is 16.7 Å². The molecule has 8 nitrogen and oxygen atoms in total. The first-order chi connectivity index (χ1) is 13.0. The highest BCUT2D eigenvalue weighted by Gasteiger charge is 2.47. The van der Waals surface area contributed by atoms with Crippen molar-refractivity contribution in [2.75, 3.05) is 65.4 Å². The quantitative estimate of drug-likeness (QED) is 0.707. The number of likely N-dealkylation sites (N-methyl/N-ethyl adjacent to an activating group) is 1. The van der Waals surface area contributed by atoms with E-state index < -0.39 is 11.6 Å². The zero-order valence-electron chi connectivity index (χ0n) is 16.9. The maximum atomic E-state index is 12.4. The zero-order chi connectivity index (χ0) is 19.4. The van der Waals surface area contributed by atoms with Crippen LogP contribution in [-0.2, 0) is 9.53 Å². The third kappa shape index (κ3) is 4.73. The van der Waals surface area contributed by atoms with Crippen LogP contribution in [0.15, 0.2) is 0 Å². The summed E-state index contributed by atoms with van der Waals surface area (Å²) in [6.07, 6.45) is 1.85. The van der Waals surface area contributed by atoms with Crippen LogP contribution in [-0.4, -0.2) is 109 Å². The Morgan fingerprint density at radius 3 is 2.30 bits per heavy atom. The average molecular weight is 382 g/mol. The second kappa shape index (κ2) is 8.75. The van der Waals surface area contributed by atoms with Crippen LogP contribution in [0.3, 0.4) is 0 Å². The molecule has 3 aliphatic heterocycles. The predicted molar refractivity (Wildman–Crippen MR) is 103 cm³/mol. The van der Waals surface area contributed by atoms with Crippen LogP contribution in [0.5, 0.6) is 0 Å². The summed E-state index contributed by atoms with van der Waals surface area (Å²) in [5.74, 6) is 0.0137. The highest BCUT2D eigenvalue weighted by Crippen LogP contribution is 2.33. The number of hydrogen-bond acceptors (Lipinski definition) is 6. The summed E-state index contributed by atoms with van der Waals surface area (Å²) in [5.41, 5.74) is 5.45. The van der Waals surface area contributed by atoms with Crippen LogP contribution in [0.4, 0.5) is 4.79 Å². The smallest absolute Gasteiger partial charge is 0.410 e. The van der Waals surface area contributed by atoms with Crippen molar-refractivity contribution in [3.05, 3.63) is 0 Å². The third-order valence-electron chi connectivity index (χ3n) is 6.38. The number of piperidine rings is 1. The molecule has 8 heteroatoms. The van der Waals surface area contributed by atoms with E-state index in [9.17, 15) is 9.59 Å². The molecule has 0 aromatic carbocycles. The number of rotatable bonds is 6. The number of carbonyl (C=O) groups excluding carboxylic acids is 2. The number of nitrogens with two attached hydrogens (primary N) is 1. The summed E-state index contributed by atoms with van der Waals surface area (Å²) < 4.78 is 5.78. The van der Waals surface area contributed by atoms with Crippen molar-refractivity contribution in [3.63, 3.8) is 0 Å². The predicted octanol–water partition coefficient (Wildman–Crippen LogP) is 0.175. The minimum Gasteiger partial charge on any atom is -0.441 e. The van der Waals surface area contributed by atoms with Crippen LogP contribution in [0.1, 0.15) is 33.1 Å². The van der Waals surface area contributed by atoms with E-state index >= 15 is 0 Å². The minimum atomic E-state index is -0.426. The fourth-order valence-corrected chi connectivity index (χ4v) is 4.26. The molecule has 3 saturated heterocycles. The number of nitrogens with zero attached hydrogens (tertiary/aromatic N) is 4. The van der Waals surface area contributed by atoms with Gasteiger partial charge in [0.2, 0.25) is 5.91 Å². The Hall–Kier alpha value is -1.38. The fourth-order valence-electron chi connectivity index (χ4n) is 4.26. The summed E-state index contributed by atoms with van der Waals surface area (Å²) >= 11 is 0. The molecule has 3 fully saturated rings. The molecule has 0 aliphatic carbocycles. The van der Waals surface area contributed by atoms with Crippen LogP contribution in [0.25, 0.3) is 0 Å². The summed E-state index contributed by atoms with van der Waals surface area (Å²) in [4.78, 5) is 33.2. The second-order valence-corrected chi connectivity index (χ2v) is 8.09. The highest BCUT2D eigenvalue weighted by atomic mass is 16.6. The largest absolute Gasteiger partial charge is 0.441 e. The Bertz CT molecular complexity index is 527. The third-order valence-corrected chi connectivity index (χ3v) is 6.38. The van der Waals surface area contributed by atoms with Crippen LogP contribution >= 0.6 is 0 Å². The zero-order valence-corrected chi connectivity index (χ0v) is 16.9. The van der Waals surface area contributed by atoms with E-state index in [1.807, 2.05) is 16.7 Å². The Kier molecular flexibility index (Phi) is 6.60. The van der Waals surface area contributed by atoms with Gasteiger partial charge < -0.3 is 25.2 Å². The number of amides is 2. The lowest BCUT2D eigenvalue weighted by Gasteiger charge is -2.38. The molecular formula is C19H35N5O3. The summed E-state index contributed by atoms with van der Waals surface area (Å²) in [6.45, 7) is 13.1. The Labute approximate surface area is 162 Å². The number of piperazine rings is 1. The highest BCUT2D eigenvalue weighted by molar-refractivity contribution is 5.81. The molecule has 27 heavy (non-hydrogen) atoms. The van der Waals surface area contributed by atoms with Crippen LogP contribution < -0.4 is 5.73 Å². The van der Waals surface area contributed by atoms with Gasteiger partial charge in [-0.15, -0.1) is 0 Å². The first-order valence-electron chi connectivity index (χ1n) is 10.4. The lowest BCUT2D eigenvalue weighted by Crippen LogP contribution is -2.52. The molecule has 1 atom stereocenters. The maximum Gasteiger partial charge on any atom is 0.410 e. The molecule has 1 spiro atoms. The van der Waals surface area contributed by atoms with Gasteiger partial charge in [0.25, 0.3) is 0 Å². The average Bonchev–Trinajstić information content (AvgIpc) is 3.01. The first kappa shape index (κ1) is 20.4. The maximum absolute atomic E-state index is 12.4. The monoisotopic (exact) mass is 381 g/mol. The minimum absolute atomic E-state index is 0.0137. The van der Waals surface area contributed by atoms with Crippen molar-refractivity contribution in [2.45, 2.75) is 44.8 Å². The fraction of sp³-hybridized carbons (Fsp3) is 0.895. The van der Waals surface area contributed by atoms with Gasteiger partial charge in [-0.05, 0) is 13.0 Å². The number of hydrogen-bond donors (Lipinski definition) is 1. The topological polar surface area (TPSA) is 82.4 Å². The van der Waals surface area contributed by atoms with E-state index in [4.69, 9.17) is 10.5 Å². The lowest BCUT2D eigenvalue weighted by atomic mass is 9.91. The molecule has 2 N–H and O–H groups in total. The normalized spacial score (nSPS) is 25.1. The van der Waals surface area contributed by atoms with E-state index in [1.165, 1.54) is 0 Å². The number of likely N-dealkylation sites (tertiary alicyclic amines) is 1. The molecule has 0 saturated carbocycles. The molecule has 3 rings (SSSR count). The molecule has 3 aliphatic rings. The van der Waals surface area contributed by atoms with E-state index in [-0.39, 0.29) is 12.0 Å². The summed E-state index contributed by atoms with van der Waals surface area (Å²) in [7, 11) is 0. The van der Waals surface area contributed by atoms with Gasteiger partial charge in [0.05, 0.1) is 12.6 Å². The van der Waals surface area contributed by atoms with Crippen molar-refractivity contribution < 1.29 is 14.3 Å². The Balaban J connectivity index is 1.44. The van der Waals surface area contributed by atoms with Crippen molar-refractivity contribution >= 4 is 12.0 Å². The van der Waals surface area contributed by atoms with Gasteiger partial charge in [-0.3, -0.25) is 9.69 Å². The van der Waals surface area contributed by atoms with E-state index in [0.717, 1.165) is 45.8 Å². The molecule has 154 valence electrons. The summed E-state index contributed by atoms with van der Waals surface area (Å²) in [5, 5.41) is 0. The van der Waals surface area contributed by atoms with Crippen molar-refractivity contribution in [1.82, 2.24) is 19.6 Å². The number of ether oxygens (including phenoxy) is 1. The molecule has 0 bridgehead atoms. The van der Waals surface area contributed by atoms with Crippen molar-refractivity contribution in [1.29, 1.82) is 0 Å². The Morgan fingerprint density at radius 2 is 1.70 bits per heavy atom. The molecule has 3 heterocycles. The van der Waals surface area contributed by atoms with Gasteiger partial charge in [-0.2, -0.15) is 0 Å². The standard InChI is InChI=1S/C19H35N5O3/c1-3-16(20)17(25)23-7-5-19(6-8-23)15-24(18(26)27-19)14-13-22-11-9-21(4-2)10-12-22/h16H,3-15,20H2,1-2H3/t16-/m0/s1. The van der Waals surface area contributed by atoms with Gasteiger partial charge in [0, 0.05) is 65.2 Å². The molecule has 2 amide bonds. The molecule has 0 radical (unpaired) electrons. The second-order valence-electron chi connectivity index (χ2n) is 8.09. The lowest BCUT2D eigenvalue weighted by molar-refractivity contribution is -0.136. The van der Waals surface area contributed by atoms with Crippen LogP contribution in [0.2, 0.25) is 0 Å². The van der Waals surface area contributed by atoms with Gasteiger partial charge in [-0.25, -0.2) is 4.79 Å². The number of carbonyl (C=O) groups is 2. The van der Waals surface area contributed by atoms with Gasteiger partial charge in [0.1, 0.15) is 5.60 Å². The SMILES string of the molecule is CC[C@H](N)C(=O)N1CCC2(CC1)CN(CCN1CCN(CC)CC1)C(=O)O2. The van der Waals surface area contributed by atoms with Crippen LogP contribution in [0, 0.1) is 0 Å². The summed E-state index contributed by atoms with van der Waals surface area (Å²) in [6, 6.07) is -0.421. The first-order valence-corrected chi connectivity index (χ1v) is 10.4. The molecular weight excluding hydrogens is 346 g/mol. The molecule has 0 unspecified atom stereocenters. The van der Waals surface area contributed by atoms with Gasteiger partial charge in [0.15, 0.2) is 0 Å². The molecule has 0 aromatic heterocycles. The van der Waals surface area contributed by atoms with Gasteiger partial charge >= 0.3 is 6.09 Å². The van der Waals surface area contributed by atoms with Crippen molar-refractivity contribution in [3.8, 4) is 0 Å². The van der Waals surface area contributed by atoms with Gasteiger partial charge in [-0.1, -0.05) is 13.8 Å².